The third-order valence-corrected chi connectivity index (χ3v) is 2.69. The van der Waals surface area contributed by atoms with Crippen LogP contribution in [0, 0.1) is 0 Å². The summed E-state index contributed by atoms with van der Waals surface area (Å²) in [5.74, 6) is 4.56. The van der Waals surface area contributed by atoms with E-state index in [1.54, 1.807) is 12.1 Å². The number of hydrazine groups is 1. The number of nitrogen functional groups attached to an aromatic ring is 1. The van der Waals surface area contributed by atoms with Crippen LogP contribution in [0.3, 0.4) is 0 Å². The maximum atomic E-state index is 11.9. The van der Waals surface area contributed by atoms with Gasteiger partial charge in [-0.1, -0.05) is 22.0 Å². The van der Waals surface area contributed by atoms with Gasteiger partial charge in [0.05, 0.1) is 6.61 Å². The summed E-state index contributed by atoms with van der Waals surface area (Å²) >= 11 is 3.22. The Morgan fingerprint density at radius 3 is 2.76 bits per heavy atom. The van der Waals surface area contributed by atoms with Crippen molar-refractivity contribution in [2.24, 2.45) is 5.84 Å². The van der Waals surface area contributed by atoms with Crippen molar-refractivity contribution in [2.45, 2.75) is 13.0 Å². The number of alkyl halides is 2. The molecule has 1 rings (SSSR count). The predicted octanol–water partition coefficient (Wildman–Crippen LogP) is 1.83. The molecule has 1 aromatic rings. The molecule has 3 N–H and O–H groups in total. The van der Waals surface area contributed by atoms with Crippen molar-refractivity contribution >= 4 is 21.8 Å². The maximum Gasteiger partial charge on any atom is 0.265 e. The molecular weight excluding hydrogens is 298 g/mol. The number of nitrogens with one attached hydrogen (secondary N) is 1. The van der Waals surface area contributed by atoms with Crippen molar-refractivity contribution in [1.29, 1.82) is 0 Å². The van der Waals surface area contributed by atoms with Gasteiger partial charge in [0.2, 0.25) is 0 Å². The fourth-order valence-electron chi connectivity index (χ4n) is 1.15. The highest BCUT2D eigenvalue weighted by molar-refractivity contribution is 9.10. The highest BCUT2D eigenvalue weighted by Crippen LogP contribution is 2.19. The molecule has 0 unspecified atom stereocenters. The SMILES string of the molecule is NNC(=O)c1ccc(COCC(F)F)c(Br)c1. The molecule has 0 aromatic heterocycles. The lowest BCUT2D eigenvalue weighted by atomic mass is 10.1. The smallest absolute Gasteiger partial charge is 0.265 e. The summed E-state index contributed by atoms with van der Waals surface area (Å²) in [6.45, 7) is -0.563. The molecule has 0 radical (unpaired) electrons. The van der Waals surface area contributed by atoms with Crippen LogP contribution in [-0.4, -0.2) is 18.9 Å². The molecule has 1 amide bonds. The number of hydrogen-bond acceptors (Lipinski definition) is 3. The van der Waals surface area contributed by atoms with Gasteiger partial charge in [-0.05, 0) is 17.7 Å². The molecule has 0 heterocycles. The number of hydrogen-bond donors (Lipinski definition) is 2. The number of ether oxygens (including phenoxy) is 1. The van der Waals surface area contributed by atoms with E-state index in [-0.39, 0.29) is 6.61 Å². The summed E-state index contributed by atoms with van der Waals surface area (Å²) in [5.41, 5.74) is 3.05. The van der Waals surface area contributed by atoms with Crippen LogP contribution in [0.2, 0.25) is 0 Å². The molecule has 0 bridgehead atoms. The first-order valence-electron chi connectivity index (χ1n) is 4.70. The minimum absolute atomic E-state index is 0.0510. The van der Waals surface area contributed by atoms with Gasteiger partial charge in [0, 0.05) is 10.0 Å². The lowest BCUT2D eigenvalue weighted by Crippen LogP contribution is -2.29. The van der Waals surface area contributed by atoms with Crippen molar-refractivity contribution in [1.82, 2.24) is 5.43 Å². The number of carbonyl (C=O) groups excluding carboxylic acids is 1. The zero-order valence-electron chi connectivity index (χ0n) is 8.75. The van der Waals surface area contributed by atoms with E-state index in [2.05, 4.69) is 15.9 Å². The van der Waals surface area contributed by atoms with Crippen LogP contribution in [0.4, 0.5) is 8.78 Å². The second kappa shape index (κ2) is 6.63. The highest BCUT2D eigenvalue weighted by Gasteiger charge is 2.08. The number of carbonyl (C=O) groups is 1. The Morgan fingerprint density at radius 2 is 2.24 bits per heavy atom. The number of halogens is 3. The standard InChI is InChI=1S/C10H11BrF2N2O2/c11-8-3-6(10(16)15-14)1-2-7(8)4-17-5-9(12)13/h1-3,9H,4-5,14H2,(H,15,16). The van der Waals surface area contributed by atoms with Gasteiger partial charge in [0.1, 0.15) is 6.61 Å². The van der Waals surface area contributed by atoms with Crippen LogP contribution < -0.4 is 11.3 Å². The lowest BCUT2D eigenvalue weighted by molar-refractivity contribution is 0.00970. The lowest BCUT2D eigenvalue weighted by Gasteiger charge is -2.07. The van der Waals surface area contributed by atoms with Gasteiger partial charge in [0.15, 0.2) is 0 Å². The van der Waals surface area contributed by atoms with Crippen molar-refractivity contribution in [3.63, 3.8) is 0 Å². The first kappa shape index (κ1) is 14.0. The molecule has 0 spiro atoms. The van der Waals surface area contributed by atoms with Crippen molar-refractivity contribution in [3.8, 4) is 0 Å². The maximum absolute atomic E-state index is 11.9. The van der Waals surface area contributed by atoms with Gasteiger partial charge in [-0.25, -0.2) is 14.6 Å². The van der Waals surface area contributed by atoms with Crippen molar-refractivity contribution in [3.05, 3.63) is 33.8 Å². The van der Waals surface area contributed by atoms with Crippen LogP contribution in [0.15, 0.2) is 22.7 Å². The molecule has 0 aliphatic carbocycles. The first-order chi connectivity index (χ1) is 8.04. The molecular formula is C10H11BrF2N2O2. The first-order valence-corrected chi connectivity index (χ1v) is 5.49. The summed E-state index contributed by atoms with van der Waals surface area (Å²) in [6, 6.07) is 4.69. The third kappa shape index (κ3) is 4.37. The van der Waals surface area contributed by atoms with Crippen LogP contribution in [0.1, 0.15) is 15.9 Å². The van der Waals surface area contributed by atoms with Gasteiger partial charge in [0.25, 0.3) is 12.3 Å². The van der Waals surface area contributed by atoms with Crippen molar-refractivity contribution < 1.29 is 18.3 Å². The molecule has 0 aliphatic rings. The van der Waals surface area contributed by atoms with E-state index in [4.69, 9.17) is 10.6 Å². The number of benzene rings is 1. The van der Waals surface area contributed by atoms with Gasteiger partial charge in [-0.3, -0.25) is 10.2 Å². The average Bonchev–Trinajstić information content (AvgIpc) is 2.29. The van der Waals surface area contributed by atoms with E-state index in [9.17, 15) is 13.6 Å². The van der Waals surface area contributed by atoms with Crippen LogP contribution in [0.25, 0.3) is 0 Å². The zero-order chi connectivity index (χ0) is 12.8. The normalized spacial score (nSPS) is 10.6. The summed E-state index contributed by atoms with van der Waals surface area (Å²) in [4.78, 5) is 11.2. The van der Waals surface area contributed by atoms with Gasteiger partial charge >= 0.3 is 0 Å². The molecule has 0 saturated heterocycles. The third-order valence-electron chi connectivity index (χ3n) is 1.95. The molecule has 7 heteroatoms. The van der Waals surface area contributed by atoms with Crippen molar-refractivity contribution in [2.75, 3.05) is 6.61 Å². The second-order valence-corrected chi connectivity index (χ2v) is 4.04. The molecule has 1 aromatic carbocycles. The van der Waals surface area contributed by atoms with Crippen LogP contribution in [-0.2, 0) is 11.3 Å². The minimum atomic E-state index is -2.49. The summed E-state index contributed by atoms with van der Waals surface area (Å²) in [7, 11) is 0. The van der Waals surface area contributed by atoms with Gasteiger partial charge in [-0.15, -0.1) is 0 Å². The van der Waals surface area contributed by atoms with E-state index in [1.165, 1.54) is 6.07 Å². The molecule has 0 saturated carbocycles. The minimum Gasteiger partial charge on any atom is -0.371 e. The topological polar surface area (TPSA) is 64.3 Å². The molecule has 0 atom stereocenters. The van der Waals surface area contributed by atoms with Gasteiger partial charge in [-0.2, -0.15) is 0 Å². The van der Waals surface area contributed by atoms with E-state index < -0.39 is 18.9 Å². The van der Waals surface area contributed by atoms with E-state index in [1.807, 2.05) is 5.43 Å². The van der Waals surface area contributed by atoms with Crippen LogP contribution >= 0.6 is 15.9 Å². The van der Waals surface area contributed by atoms with Crippen LogP contribution in [0.5, 0.6) is 0 Å². The highest BCUT2D eigenvalue weighted by atomic mass is 79.9. The molecule has 0 fully saturated rings. The largest absolute Gasteiger partial charge is 0.371 e. The van der Waals surface area contributed by atoms with Gasteiger partial charge < -0.3 is 4.74 Å². The Balaban J connectivity index is 2.66. The fourth-order valence-corrected chi connectivity index (χ4v) is 1.64. The molecule has 0 aliphatic heterocycles. The van der Waals surface area contributed by atoms with E-state index >= 15 is 0 Å². The Labute approximate surface area is 105 Å². The average molecular weight is 309 g/mol. The molecule has 17 heavy (non-hydrogen) atoms. The Morgan fingerprint density at radius 1 is 1.53 bits per heavy atom. The predicted molar refractivity (Wildman–Crippen MR) is 61.5 cm³/mol. The molecule has 4 nitrogen and oxygen atoms in total. The Bertz CT molecular complexity index is 402. The monoisotopic (exact) mass is 308 g/mol. The molecule has 94 valence electrons. The number of nitrogens with two attached hydrogens (primary N) is 1. The zero-order valence-corrected chi connectivity index (χ0v) is 10.3. The second-order valence-electron chi connectivity index (χ2n) is 3.19. The Kier molecular flexibility index (Phi) is 5.46. The fraction of sp³-hybridized carbons (Fsp3) is 0.300. The summed E-state index contributed by atoms with van der Waals surface area (Å²) < 4.78 is 29.1. The van der Waals surface area contributed by atoms with E-state index in [0.29, 0.717) is 15.6 Å². The quantitative estimate of drug-likeness (QED) is 0.495. The van der Waals surface area contributed by atoms with E-state index in [0.717, 1.165) is 0 Å². The Hall–Kier alpha value is -1.05. The number of rotatable bonds is 5. The summed E-state index contributed by atoms with van der Waals surface area (Å²) in [6.07, 6.45) is -2.49. The summed E-state index contributed by atoms with van der Waals surface area (Å²) in [5, 5.41) is 0. The number of amides is 1.